The molecule has 2 rings (SSSR count). The molecule has 1 aromatic rings. The van der Waals surface area contributed by atoms with Gasteiger partial charge < -0.3 is 5.73 Å². The molecule has 1 aliphatic heterocycles. The standard InChI is InChI=1S/C14H21N3O/c1-12-6-5-9-16(10-12)17(14(15)18)11-13-7-3-2-4-8-13/h2-4,7-8,12H,5-6,9-11H2,1H3,(H2,15,18). The van der Waals surface area contributed by atoms with Gasteiger partial charge in [0.05, 0.1) is 6.54 Å². The molecule has 1 aliphatic rings. The highest BCUT2D eigenvalue weighted by Crippen LogP contribution is 2.18. The Morgan fingerprint density at radius 2 is 2.17 bits per heavy atom. The fourth-order valence-corrected chi connectivity index (χ4v) is 2.46. The number of piperidine rings is 1. The van der Waals surface area contributed by atoms with Crippen LogP contribution in [0.1, 0.15) is 25.3 Å². The Bertz CT molecular complexity index is 393. The van der Waals surface area contributed by atoms with Crippen molar-refractivity contribution in [1.29, 1.82) is 0 Å². The van der Waals surface area contributed by atoms with Crippen LogP contribution < -0.4 is 5.73 Å². The molecule has 2 N–H and O–H groups in total. The van der Waals surface area contributed by atoms with Gasteiger partial charge in [-0.3, -0.25) is 5.01 Å². The van der Waals surface area contributed by atoms with E-state index in [9.17, 15) is 4.79 Å². The number of nitrogens with two attached hydrogens (primary N) is 1. The number of benzene rings is 1. The first-order chi connectivity index (χ1) is 8.66. The lowest BCUT2D eigenvalue weighted by atomic mass is 10.0. The average Bonchev–Trinajstić information content (AvgIpc) is 2.37. The van der Waals surface area contributed by atoms with Gasteiger partial charge in [0.15, 0.2) is 0 Å². The summed E-state index contributed by atoms with van der Waals surface area (Å²) in [5.74, 6) is 0.622. The highest BCUT2D eigenvalue weighted by molar-refractivity contribution is 5.71. The molecule has 1 saturated heterocycles. The predicted octanol–water partition coefficient (Wildman–Crippen LogP) is 2.21. The number of rotatable bonds is 3. The lowest BCUT2D eigenvalue weighted by molar-refractivity contribution is -0.0195. The van der Waals surface area contributed by atoms with Crippen LogP contribution >= 0.6 is 0 Å². The van der Waals surface area contributed by atoms with Gasteiger partial charge in [-0.05, 0) is 24.3 Å². The maximum absolute atomic E-state index is 11.6. The van der Waals surface area contributed by atoms with Gasteiger partial charge in [-0.25, -0.2) is 9.80 Å². The molecule has 1 heterocycles. The van der Waals surface area contributed by atoms with Gasteiger partial charge in [-0.2, -0.15) is 0 Å². The number of carbonyl (C=O) groups excluding carboxylic acids is 1. The molecule has 98 valence electrons. The van der Waals surface area contributed by atoms with Crippen molar-refractivity contribution >= 4 is 6.03 Å². The van der Waals surface area contributed by atoms with E-state index < -0.39 is 0 Å². The van der Waals surface area contributed by atoms with Crippen LogP contribution in [0.5, 0.6) is 0 Å². The van der Waals surface area contributed by atoms with Gasteiger partial charge >= 0.3 is 6.03 Å². The van der Waals surface area contributed by atoms with Gasteiger partial charge in [0, 0.05) is 13.1 Å². The Hall–Kier alpha value is -1.55. The van der Waals surface area contributed by atoms with Crippen molar-refractivity contribution in [3.63, 3.8) is 0 Å². The second-order valence-electron chi connectivity index (χ2n) is 5.04. The Morgan fingerprint density at radius 1 is 1.44 bits per heavy atom. The molecule has 1 aromatic carbocycles. The van der Waals surface area contributed by atoms with Crippen LogP contribution in [0.3, 0.4) is 0 Å². The molecule has 0 radical (unpaired) electrons. The van der Waals surface area contributed by atoms with E-state index in [4.69, 9.17) is 5.73 Å². The first-order valence-electron chi connectivity index (χ1n) is 6.52. The molecular weight excluding hydrogens is 226 g/mol. The van der Waals surface area contributed by atoms with Crippen molar-refractivity contribution in [3.8, 4) is 0 Å². The molecule has 0 aliphatic carbocycles. The van der Waals surface area contributed by atoms with Crippen molar-refractivity contribution in [2.45, 2.75) is 26.3 Å². The second-order valence-corrected chi connectivity index (χ2v) is 5.04. The molecule has 4 heteroatoms. The van der Waals surface area contributed by atoms with E-state index in [2.05, 4.69) is 11.9 Å². The average molecular weight is 247 g/mol. The van der Waals surface area contributed by atoms with Crippen LogP contribution in [0.15, 0.2) is 30.3 Å². The minimum Gasteiger partial charge on any atom is -0.350 e. The molecule has 0 bridgehead atoms. The fraction of sp³-hybridized carbons (Fsp3) is 0.500. The van der Waals surface area contributed by atoms with E-state index in [1.165, 1.54) is 6.42 Å². The number of primary amides is 1. The van der Waals surface area contributed by atoms with E-state index in [-0.39, 0.29) is 6.03 Å². The first-order valence-corrected chi connectivity index (χ1v) is 6.52. The van der Waals surface area contributed by atoms with Gasteiger partial charge in [-0.1, -0.05) is 37.3 Å². The molecular formula is C14H21N3O. The van der Waals surface area contributed by atoms with E-state index in [1.807, 2.05) is 30.3 Å². The highest BCUT2D eigenvalue weighted by Gasteiger charge is 2.24. The summed E-state index contributed by atoms with van der Waals surface area (Å²) in [7, 11) is 0. The second kappa shape index (κ2) is 5.87. The molecule has 4 nitrogen and oxygen atoms in total. The Labute approximate surface area is 108 Å². The third-order valence-electron chi connectivity index (χ3n) is 3.41. The summed E-state index contributed by atoms with van der Waals surface area (Å²) in [4.78, 5) is 11.6. The molecule has 1 fully saturated rings. The third-order valence-corrected chi connectivity index (χ3v) is 3.41. The zero-order chi connectivity index (χ0) is 13.0. The first kappa shape index (κ1) is 12.9. The van der Waals surface area contributed by atoms with Crippen molar-refractivity contribution in [3.05, 3.63) is 35.9 Å². The molecule has 0 saturated carbocycles. The molecule has 18 heavy (non-hydrogen) atoms. The van der Waals surface area contributed by atoms with E-state index >= 15 is 0 Å². The minimum absolute atomic E-state index is 0.368. The van der Waals surface area contributed by atoms with Gasteiger partial charge in [0.2, 0.25) is 0 Å². The molecule has 1 atom stereocenters. The SMILES string of the molecule is CC1CCCN(N(Cc2ccccc2)C(N)=O)C1. The number of hydrazine groups is 1. The summed E-state index contributed by atoms with van der Waals surface area (Å²) in [6.07, 6.45) is 2.36. The molecule has 2 amide bonds. The molecule has 1 unspecified atom stereocenters. The van der Waals surface area contributed by atoms with Crippen LogP contribution in [0, 0.1) is 5.92 Å². The number of nitrogens with zero attached hydrogens (tertiary/aromatic N) is 2. The Kier molecular flexibility index (Phi) is 4.20. The number of carbonyl (C=O) groups is 1. The summed E-state index contributed by atoms with van der Waals surface area (Å²) in [6, 6.07) is 9.60. The highest BCUT2D eigenvalue weighted by atomic mass is 16.2. The maximum atomic E-state index is 11.6. The van der Waals surface area contributed by atoms with Gasteiger partial charge in [0.25, 0.3) is 0 Å². The number of amides is 2. The molecule has 0 spiro atoms. The van der Waals surface area contributed by atoms with Gasteiger partial charge in [-0.15, -0.1) is 0 Å². The zero-order valence-corrected chi connectivity index (χ0v) is 10.9. The number of hydrogen-bond acceptors (Lipinski definition) is 2. The van der Waals surface area contributed by atoms with Crippen LogP contribution in [0.4, 0.5) is 4.79 Å². The normalized spacial score (nSPS) is 20.6. The van der Waals surface area contributed by atoms with E-state index in [1.54, 1.807) is 5.01 Å². The Morgan fingerprint density at radius 3 is 2.78 bits per heavy atom. The zero-order valence-electron chi connectivity index (χ0n) is 10.9. The fourth-order valence-electron chi connectivity index (χ4n) is 2.46. The van der Waals surface area contributed by atoms with Crippen molar-refractivity contribution in [1.82, 2.24) is 10.0 Å². The van der Waals surface area contributed by atoms with E-state index in [0.29, 0.717) is 12.5 Å². The van der Waals surface area contributed by atoms with Gasteiger partial charge in [0.1, 0.15) is 0 Å². The Balaban J connectivity index is 2.06. The van der Waals surface area contributed by atoms with Crippen molar-refractivity contribution in [2.75, 3.05) is 13.1 Å². The lowest BCUT2D eigenvalue weighted by Gasteiger charge is -2.38. The topological polar surface area (TPSA) is 49.6 Å². The smallest absolute Gasteiger partial charge is 0.329 e. The summed E-state index contributed by atoms with van der Waals surface area (Å²) in [5.41, 5.74) is 6.61. The van der Waals surface area contributed by atoms with Crippen LogP contribution in [-0.4, -0.2) is 29.1 Å². The monoisotopic (exact) mass is 247 g/mol. The summed E-state index contributed by atoms with van der Waals surface area (Å²) < 4.78 is 0. The van der Waals surface area contributed by atoms with Crippen LogP contribution in [-0.2, 0) is 6.54 Å². The minimum atomic E-state index is -0.368. The quantitative estimate of drug-likeness (QED) is 0.890. The summed E-state index contributed by atoms with van der Waals surface area (Å²) in [5, 5.41) is 3.76. The summed E-state index contributed by atoms with van der Waals surface area (Å²) >= 11 is 0. The van der Waals surface area contributed by atoms with E-state index in [0.717, 1.165) is 25.1 Å². The summed E-state index contributed by atoms with van der Waals surface area (Å²) in [6.45, 7) is 4.60. The molecule has 0 aromatic heterocycles. The number of urea groups is 1. The van der Waals surface area contributed by atoms with Crippen LogP contribution in [0.2, 0.25) is 0 Å². The third kappa shape index (κ3) is 3.23. The number of hydrogen-bond donors (Lipinski definition) is 1. The largest absolute Gasteiger partial charge is 0.350 e. The predicted molar refractivity (Wildman–Crippen MR) is 71.5 cm³/mol. The lowest BCUT2D eigenvalue weighted by Crippen LogP contribution is -2.52. The van der Waals surface area contributed by atoms with Crippen LogP contribution in [0.25, 0.3) is 0 Å². The van der Waals surface area contributed by atoms with Crippen molar-refractivity contribution in [2.24, 2.45) is 11.7 Å². The van der Waals surface area contributed by atoms with Crippen molar-refractivity contribution < 1.29 is 4.79 Å². The maximum Gasteiger partial charge on any atom is 0.329 e.